The Hall–Kier alpha value is -0.770. The molecular weight excluding hydrogens is 166 g/mol. The van der Waals surface area contributed by atoms with Gasteiger partial charge in [0.2, 0.25) is 0 Å². The second-order valence-corrected chi connectivity index (χ2v) is 3.68. The average molecular weight is 185 g/mol. The molecule has 0 saturated heterocycles. The quantitative estimate of drug-likeness (QED) is 0.561. The van der Waals surface area contributed by atoms with Crippen molar-refractivity contribution in [3.8, 4) is 0 Å². The Kier molecular flexibility index (Phi) is 4.02. The van der Waals surface area contributed by atoms with Crippen LogP contribution in [0.25, 0.3) is 0 Å². The summed E-state index contributed by atoms with van der Waals surface area (Å²) in [6.07, 6.45) is 3.98. The van der Waals surface area contributed by atoms with Crippen LogP contribution in [0.15, 0.2) is 0 Å². The van der Waals surface area contributed by atoms with Crippen molar-refractivity contribution in [2.45, 2.75) is 44.7 Å². The van der Waals surface area contributed by atoms with Crippen LogP contribution in [0.1, 0.15) is 32.6 Å². The van der Waals surface area contributed by atoms with Crippen LogP contribution in [0, 0.1) is 0 Å². The number of hydrogen-bond donors (Lipinski definition) is 3. The minimum absolute atomic E-state index is 0.0506. The molecule has 0 atom stereocenters. The first-order valence-electron chi connectivity index (χ1n) is 5.02. The van der Waals surface area contributed by atoms with Gasteiger partial charge in [-0.25, -0.2) is 4.79 Å². The zero-order chi connectivity index (χ0) is 9.68. The van der Waals surface area contributed by atoms with Crippen molar-refractivity contribution >= 4 is 6.03 Å². The summed E-state index contributed by atoms with van der Waals surface area (Å²) in [4.78, 5) is 11.2. The monoisotopic (exact) mass is 185 g/mol. The second-order valence-electron chi connectivity index (χ2n) is 3.68. The molecule has 4 heteroatoms. The first-order chi connectivity index (χ1) is 6.22. The first kappa shape index (κ1) is 10.3. The maximum atomic E-state index is 11.2. The molecular formula is C9H19N3O. The van der Waals surface area contributed by atoms with Crippen LogP contribution in [0.3, 0.4) is 0 Å². The third-order valence-electron chi connectivity index (χ3n) is 2.33. The van der Waals surface area contributed by atoms with E-state index in [0.29, 0.717) is 12.1 Å². The number of nitrogens with one attached hydrogen (secondary N) is 2. The van der Waals surface area contributed by atoms with Gasteiger partial charge in [-0.15, -0.1) is 0 Å². The molecule has 1 saturated carbocycles. The normalized spacial score (nSPS) is 26.3. The summed E-state index contributed by atoms with van der Waals surface area (Å²) in [5.74, 6) is 0. The van der Waals surface area contributed by atoms with Crippen LogP contribution in [0.2, 0.25) is 0 Å². The third kappa shape index (κ3) is 3.63. The molecule has 4 nitrogen and oxygen atoms in total. The van der Waals surface area contributed by atoms with Crippen LogP contribution in [-0.2, 0) is 0 Å². The predicted octanol–water partition coefficient (Wildman–Crippen LogP) is 0.575. The Labute approximate surface area is 79.3 Å². The van der Waals surface area contributed by atoms with E-state index in [9.17, 15) is 4.79 Å². The van der Waals surface area contributed by atoms with Gasteiger partial charge < -0.3 is 16.4 Å². The number of unbranched alkanes of at least 4 members (excludes halogenated alkanes) is 1. The molecule has 1 rings (SSSR count). The summed E-state index contributed by atoms with van der Waals surface area (Å²) in [6.45, 7) is 2.87. The topological polar surface area (TPSA) is 67.2 Å². The molecule has 0 spiro atoms. The van der Waals surface area contributed by atoms with E-state index in [1.165, 1.54) is 0 Å². The van der Waals surface area contributed by atoms with Crippen molar-refractivity contribution in [1.82, 2.24) is 10.6 Å². The molecule has 13 heavy (non-hydrogen) atoms. The number of carbonyl (C=O) groups is 1. The lowest BCUT2D eigenvalue weighted by molar-refractivity contribution is 0.223. The Bertz CT molecular complexity index is 166. The molecule has 76 valence electrons. The van der Waals surface area contributed by atoms with Gasteiger partial charge in [-0.05, 0) is 19.3 Å². The fourth-order valence-corrected chi connectivity index (χ4v) is 1.39. The smallest absolute Gasteiger partial charge is 0.315 e. The molecule has 0 unspecified atom stereocenters. The van der Waals surface area contributed by atoms with Crippen LogP contribution in [0.4, 0.5) is 4.79 Å². The van der Waals surface area contributed by atoms with Crippen molar-refractivity contribution < 1.29 is 4.79 Å². The molecule has 0 heterocycles. The standard InChI is InChI=1S/C9H19N3O/c1-2-3-4-11-9(13)12-8-5-7(10)6-8/h7-8H,2-6,10H2,1H3,(H2,11,12,13). The van der Waals surface area contributed by atoms with Gasteiger partial charge in [-0.3, -0.25) is 0 Å². The van der Waals surface area contributed by atoms with Gasteiger partial charge in [0.25, 0.3) is 0 Å². The van der Waals surface area contributed by atoms with Gasteiger partial charge in [0.05, 0.1) is 0 Å². The van der Waals surface area contributed by atoms with Crippen LogP contribution >= 0.6 is 0 Å². The highest BCUT2D eigenvalue weighted by Crippen LogP contribution is 2.16. The van der Waals surface area contributed by atoms with E-state index < -0.39 is 0 Å². The Morgan fingerprint density at radius 2 is 2.23 bits per heavy atom. The maximum absolute atomic E-state index is 11.2. The van der Waals surface area contributed by atoms with E-state index >= 15 is 0 Å². The summed E-state index contributed by atoms with van der Waals surface area (Å²) >= 11 is 0. The lowest BCUT2D eigenvalue weighted by Crippen LogP contribution is -2.52. The van der Waals surface area contributed by atoms with Crippen molar-refractivity contribution in [2.75, 3.05) is 6.54 Å². The molecule has 1 fully saturated rings. The molecule has 0 aromatic rings. The minimum Gasteiger partial charge on any atom is -0.338 e. The van der Waals surface area contributed by atoms with Crippen LogP contribution in [-0.4, -0.2) is 24.7 Å². The number of urea groups is 1. The first-order valence-corrected chi connectivity index (χ1v) is 5.02. The summed E-state index contributed by atoms with van der Waals surface area (Å²) < 4.78 is 0. The van der Waals surface area contributed by atoms with Crippen molar-refractivity contribution in [3.05, 3.63) is 0 Å². The lowest BCUT2D eigenvalue weighted by atomic mass is 9.88. The number of carbonyl (C=O) groups excluding carboxylic acids is 1. The molecule has 1 aliphatic carbocycles. The SMILES string of the molecule is CCCCNC(=O)NC1CC(N)C1. The van der Waals surface area contributed by atoms with Gasteiger partial charge in [0, 0.05) is 18.6 Å². The van der Waals surface area contributed by atoms with E-state index in [-0.39, 0.29) is 6.03 Å². The fraction of sp³-hybridized carbons (Fsp3) is 0.889. The molecule has 4 N–H and O–H groups in total. The van der Waals surface area contributed by atoms with Gasteiger partial charge in [0.1, 0.15) is 0 Å². The molecule has 0 bridgehead atoms. The van der Waals surface area contributed by atoms with E-state index in [4.69, 9.17) is 5.73 Å². The molecule has 0 aromatic carbocycles. The van der Waals surface area contributed by atoms with E-state index in [0.717, 1.165) is 32.2 Å². The summed E-state index contributed by atoms with van der Waals surface area (Å²) in [6, 6.07) is 0.544. The summed E-state index contributed by atoms with van der Waals surface area (Å²) in [5, 5.41) is 5.68. The highest BCUT2D eigenvalue weighted by atomic mass is 16.2. The van der Waals surface area contributed by atoms with Crippen LogP contribution in [0.5, 0.6) is 0 Å². The van der Waals surface area contributed by atoms with Gasteiger partial charge in [-0.1, -0.05) is 13.3 Å². The van der Waals surface area contributed by atoms with Crippen molar-refractivity contribution in [2.24, 2.45) is 5.73 Å². The van der Waals surface area contributed by atoms with Gasteiger partial charge >= 0.3 is 6.03 Å². The molecule has 0 aromatic heterocycles. The van der Waals surface area contributed by atoms with E-state index in [2.05, 4.69) is 17.6 Å². The molecule has 1 aliphatic rings. The number of nitrogens with two attached hydrogens (primary N) is 1. The van der Waals surface area contributed by atoms with Crippen molar-refractivity contribution in [1.29, 1.82) is 0 Å². The molecule has 0 aliphatic heterocycles. The van der Waals surface area contributed by atoms with Gasteiger partial charge in [-0.2, -0.15) is 0 Å². The predicted molar refractivity (Wildman–Crippen MR) is 52.4 cm³/mol. The average Bonchev–Trinajstić information content (AvgIpc) is 2.02. The zero-order valence-corrected chi connectivity index (χ0v) is 8.18. The zero-order valence-electron chi connectivity index (χ0n) is 8.18. The van der Waals surface area contributed by atoms with Crippen LogP contribution < -0.4 is 16.4 Å². The Balaban J connectivity index is 1.98. The van der Waals surface area contributed by atoms with Crippen molar-refractivity contribution in [3.63, 3.8) is 0 Å². The highest BCUT2D eigenvalue weighted by Gasteiger charge is 2.26. The number of amides is 2. The molecule has 0 radical (unpaired) electrons. The fourth-order valence-electron chi connectivity index (χ4n) is 1.39. The van der Waals surface area contributed by atoms with Gasteiger partial charge in [0.15, 0.2) is 0 Å². The summed E-state index contributed by atoms with van der Waals surface area (Å²) in [5.41, 5.74) is 5.59. The Morgan fingerprint density at radius 1 is 1.54 bits per heavy atom. The number of rotatable bonds is 4. The molecule has 2 amide bonds. The second kappa shape index (κ2) is 5.07. The maximum Gasteiger partial charge on any atom is 0.315 e. The highest BCUT2D eigenvalue weighted by molar-refractivity contribution is 5.74. The number of hydrogen-bond acceptors (Lipinski definition) is 2. The minimum atomic E-state index is -0.0506. The van der Waals surface area contributed by atoms with E-state index in [1.54, 1.807) is 0 Å². The Morgan fingerprint density at radius 3 is 2.77 bits per heavy atom. The third-order valence-corrected chi connectivity index (χ3v) is 2.33. The largest absolute Gasteiger partial charge is 0.338 e. The lowest BCUT2D eigenvalue weighted by Gasteiger charge is -2.32. The van der Waals surface area contributed by atoms with E-state index in [1.807, 2.05) is 0 Å². The summed E-state index contributed by atoms with van der Waals surface area (Å²) in [7, 11) is 0.